The molecule has 0 fully saturated rings. The molecule has 0 bridgehead atoms. The summed E-state index contributed by atoms with van der Waals surface area (Å²) in [5.41, 5.74) is 1.50. The van der Waals surface area contributed by atoms with Gasteiger partial charge in [0.05, 0.1) is 0 Å². The van der Waals surface area contributed by atoms with E-state index in [0.717, 1.165) is 24.0 Å². The Morgan fingerprint density at radius 2 is 2.12 bits per heavy atom. The van der Waals surface area contributed by atoms with E-state index in [0.29, 0.717) is 0 Å². The monoisotopic (exact) mass is 297 g/mol. The van der Waals surface area contributed by atoms with Gasteiger partial charge in [-0.05, 0) is 32.5 Å². The topological polar surface area (TPSA) is 12.5 Å². The molecule has 0 spiro atoms. The number of benzene rings is 1. The molecule has 2 nitrogen and oxygen atoms in total. The summed E-state index contributed by atoms with van der Waals surface area (Å²) in [5, 5.41) is 0.968. The van der Waals surface area contributed by atoms with Gasteiger partial charge in [-0.3, -0.25) is 4.90 Å². The summed E-state index contributed by atoms with van der Waals surface area (Å²) in [5.74, 6) is 1.06. The third-order valence-corrected chi connectivity index (χ3v) is 4.92. The molecule has 1 aliphatic rings. The Morgan fingerprint density at radius 3 is 2.76 bits per heavy atom. The quantitative estimate of drug-likeness (QED) is 0.792. The van der Waals surface area contributed by atoms with Gasteiger partial charge >= 0.3 is 0 Å². The summed E-state index contributed by atoms with van der Waals surface area (Å²) >= 11 is 3.57. The number of ether oxygens (including phenoxy) is 1. The number of fused-ring (bicyclic) bond motifs is 1. The SMILES string of the molecule is CN(CC1Cc2ccccc2O1)C(C)(C)CBr. The van der Waals surface area contributed by atoms with Gasteiger partial charge in [-0.15, -0.1) is 0 Å². The minimum Gasteiger partial charge on any atom is -0.488 e. The van der Waals surface area contributed by atoms with E-state index < -0.39 is 0 Å². The minimum atomic E-state index is 0.165. The van der Waals surface area contributed by atoms with Crippen LogP contribution in [0.3, 0.4) is 0 Å². The Hall–Kier alpha value is -0.540. The second-order valence-electron chi connectivity index (χ2n) is 5.38. The van der Waals surface area contributed by atoms with Crippen LogP contribution in [0, 0.1) is 0 Å². The molecule has 94 valence electrons. The fourth-order valence-corrected chi connectivity index (χ4v) is 2.44. The standard InChI is InChI=1S/C14H20BrNO/c1-14(2,10-15)16(3)9-12-8-11-6-4-5-7-13(11)17-12/h4-7,12H,8-10H2,1-3H3. The first kappa shape index (κ1) is 12.9. The number of halogens is 1. The van der Waals surface area contributed by atoms with Gasteiger partial charge in [-0.1, -0.05) is 34.1 Å². The average molecular weight is 298 g/mol. The van der Waals surface area contributed by atoms with Crippen LogP contribution in [0.25, 0.3) is 0 Å². The molecule has 1 aliphatic heterocycles. The Bertz CT molecular complexity index is 367. The Balaban J connectivity index is 1.96. The van der Waals surface area contributed by atoms with Gasteiger partial charge in [0, 0.05) is 23.8 Å². The first-order valence-electron chi connectivity index (χ1n) is 6.05. The Labute approximate surface area is 112 Å². The molecule has 1 atom stereocenters. The lowest BCUT2D eigenvalue weighted by Gasteiger charge is -2.35. The van der Waals surface area contributed by atoms with Crippen molar-refractivity contribution < 1.29 is 4.74 Å². The van der Waals surface area contributed by atoms with E-state index in [4.69, 9.17) is 4.74 Å². The number of rotatable bonds is 4. The number of hydrogen-bond donors (Lipinski definition) is 0. The number of alkyl halides is 1. The van der Waals surface area contributed by atoms with Crippen molar-refractivity contribution in [2.45, 2.75) is 31.9 Å². The molecular formula is C14H20BrNO. The highest BCUT2D eigenvalue weighted by Gasteiger charge is 2.28. The van der Waals surface area contributed by atoms with E-state index in [9.17, 15) is 0 Å². The predicted octanol–water partition coefficient (Wildman–Crippen LogP) is 3.10. The number of nitrogens with zero attached hydrogens (tertiary/aromatic N) is 1. The Kier molecular flexibility index (Phi) is 3.79. The normalized spacial score (nSPS) is 19.2. The van der Waals surface area contributed by atoms with Crippen molar-refractivity contribution in [2.75, 3.05) is 18.9 Å². The van der Waals surface area contributed by atoms with Crippen LogP contribution in [0.2, 0.25) is 0 Å². The van der Waals surface area contributed by atoms with Gasteiger partial charge in [-0.2, -0.15) is 0 Å². The van der Waals surface area contributed by atoms with Crippen molar-refractivity contribution >= 4 is 15.9 Å². The molecule has 0 saturated carbocycles. The summed E-state index contributed by atoms with van der Waals surface area (Å²) in [6, 6.07) is 8.33. The summed E-state index contributed by atoms with van der Waals surface area (Å²) in [6.07, 6.45) is 1.31. The van der Waals surface area contributed by atoms with E-state index in [1.807, 2.05) is 6.07 Å². The summed E-state index contributed by atoms with van der Waals surface area (Å²) in [6.45, 7) is 5.45. The van der Waals surface area contributed by atoms with Crippen LogP contribution >= 0.6 is 15.9 Å². The maximum absolute atomic E-state index is 5.96. The highest BCUT2D eigenvalue weighted by molar-refractivity contribution is 9.09. The second-order valence-corrected chi connectivity index (χ2v) is 5.94. The van der Waals surface area contributed by atoms with Crippen LogP contribution in [0.5, 0.6) is 5.75 Å². The predicted molar refractivity (Wildman–Crippen MR) is 75.1 cm³/mol. The van der Waals surface area contributed by atoms with Crippen molar-refractivity contribution in [1.29, 1.82) is 0 Å². The summed E-state index contributed by atoms with van der Waals surface area (Å²) in [4.78, 5) is 2.36. The summed E-state index contributed by atoms with van der Waals surface area (Å²) < 4.78 is 5.96. The largest absolute Gasteiger partial charge is 0.488 e. The molecule has 0 N–H and O–H groups in total. The highest BCUT2D eigenvalue weighted by atomic mass is 79.9. The molecule has 3 heteroatoms. The van der Waals surface area contributed by atoms with E-state index in [2.05, 4.69) is 59.9 Å². The molecule has 0 radical (unpaired) electrons. The number of para-hydroxylation sites is 1. The number of likely N-dealkylation sites (N-methyl/N-ethyl adjacent to an activating group) is 1. The van der Waals surface area contributed by atoms with E-state index in [-0.39, 0.29) is 11.6 Å². The van der Waals surface area contributed by atoms with Crippen LogP contribution in [-0.4, -0.2) is 35.5 Å². The lowest BCUT2D eigenvalue weighted by molar-refractivity contribution is 0.109. The molecule has 1 aromatic carbocycles. The van der Waals surface area contributed by atoms with Crippen LogP contribution in [0.4, 0.5) is 0 Å². The van der Waals surface area contributed by atoms with Gasteiger partial charge in [0.1, 0.15) is 11.9 Å². The third kappa shape index (κ3) is 2.83. The maximum Gasteiger partial charge on any atom is 0.123 e. The van der Waals surface area contributed by atoms with Crippen LogP contribution in [0.1, 0.15) is 19.4 Å². The molecular weight excluding hydrogens is 278 g/mol. The summed E-state index contributed by atoms with van der Waals surface area (Å²) in [7, 11) is 2.16. The highest BCUT2D eigenvalue weighted by Crippen LogP contribution is 2.29. The molecule has 1 heterocycles. The van der Waals surface area contributed by atoms with Gasteiger partial charge in [0.25, 0.3) is 0 Å². The van der Waals surface area contributed by atoms with Crippen molar-refractivity contribution in [2.24, 2.45) is 0 Å². The van der Waals surface area contributed by atoms with Crippen LogP contribution < -0.4 is 4.74 Å². The van der Waals surface area contributed by atoms with Gasteiger partial charge in [0.2, 0.25) is 0 Å². The van der Waals surface area contributed by atoms with E-state index in [1.165, 1.54) is 5.56 Å². The van der Waals surface area contributed by atoms with Crippen molar-refractivity contribution in [3.63, 3.8) is 0 Å². The average Bonchev–Trinajstić information content (AvgIpc) is 2.70. The van der Waals surface area contributed by atoms with Crippen molar-refractivity contribution in [3.05, 3.63) is 29.8 Å². The molecule has 0 saturated heterocycles. The second kappa shape index (κ2) is 4.99. The van der Waals surface area contributed by atoms with Crippen LogP contribution in [0.15, 0.2) is 24.3 Å². The fraction of sp³-hybridized carbons (Fsp3) is 0.571. The lowest BCUT2D eigenvalue weighted by atomic mass is 10.0. The zero-order valence-electron chi connectivity index (χ0n) is 10.7. The van der Waals surface area contributed by atoms with Crippen molar-refractivity contribution in [3.8, 4) is 5.75 Å². The maximum atomic E-state index is 5.96. The molecule has 1 aromatic rings. The zero-order chi connectivity index (χ0) is 12.5. The first-order chi connectivity index (χ1) is 8.03. The van der Waals surface area contributed by atoms with Gasteiger partial charge < -0.3 is 4.74 Å². The fourth-order valence-electron chi connectivity index (χ4n) is 2.01. The smallest absolute Gasteiger partial charge is 0.123 e. The van der Waals surface area contributed by atoms with Crippen LogP contribution in [-0.2, 0) is 6.42 Å². The zero-order valence-corrected chi connectivity index (χ0v) is 12.3. The molecule has 0 aromatic heterocycles. The van der Waals surface area contributed by atoms with E-state index in [1.54, 1.807) is 0 Å². The molecule has 0 aliphatic carbocycles. The van der Waals surface area contributed by atoms with Gasteiger partial charge in [-0.25, -0.2) is 0 Å². The third-order valence-electron chi connectivity index (χ3n) is 3.55. The van der Waals surface area contributed by atoms with E-state index >= 15 is 0 Å². The van der Waals surface area contributed by atoms with Gasteiger partial charge in [0.15, 0.2) is 0 Å². The molecule has 0 amide bonds. The van der Waals surface area contributed by atoms with Crippen molar-refractivity contribution in [1.82, 2.24) is 4.90 Å². The molecule has 17 heavy (non-hydrogen) atoms. The first-order valence-corrected chi connectivity index (χ1v) is 7.17. The Morgan fingerprint density at radius 1 is 1.41 bits per heavy atom. The molecule has 1 unspecified atom stereocenters. The minimum absolute atomic E-state index is 0.165. The number of hydrogen-bond acceptors (Lipinski definition) is 2. The molecule has 2 rings (SSSR count). The lowest BCUT2D eigenvalue weighted by Crippen LogP contribution is -2.47.